The van der Waals surface area contributed by atoms with E-state index in [9.17, 15) is 0 Å². The molecular formula is C7H12N2O. The minimum absolute atomic E-state index is 0.312. The molecule has 3 heteroatoms. The Hall–Kier alpha value is -0.120. The molecule has 3 aliphatic rings. The summed E-state index contributed by atoms with van der Waals surface area (Å²) in [5.74, 6) is 0. The maximum atomic E-state index is 5.94. The Labute approximate surface area is 60.1 Å². The topological polar surface area (TPSA) is 38.5 Å². The monoisotopic (exact) mass is 140 g/mol. The van der Waals surface area contributed by atoms with Crippen LogP contribution in [0.15, 0.2) is 0 Å². The molecule has 3 rings (SSSR count). The Morgan fingerprint density at radius 3 is 2.90 bits per heavy atom. The molecule has 3 fully saturated rings. The fourth-order valence-electron chi connectivity index (χ4n) is 2.63. The summed E-state index contributed by atoms with van der Waals surface area (Å²) < 4.78 is 5.70. The Kier molecular flexibility index (Phi) is 0.854. The molecule has 3 nitrogen and oxygen atoms in total. The van der Waals surface area contributed by atoms with Gasteiger partial charge in [0.05, 0.1) is 24.3 Å². The van der Waals surface area contributed by atoms with Gasteiger partial charge in [-0.1, -0.05) is 0 Å². The number of morpholine rings is 1. The zero-order chi connectivity index (χ0) is 6.72. The first-order valence-electron chi connectivity index (χ1n) is 4.01. The molecule has 3 aliphatic heterocycles. The van der Waals surface area contributed by atoms with Gasteiger partial charge in [-0.25, -0.2) is 0 Å². The van der Waals surface area contributed by atoms with Crippen LogP contribution < -0.4 is 5.73 Å². The number of hydrogen-bond donors (Lipinski definition) is 1. The first kappa shape index (κ1) is 5.52. The van der Waals surface area contributed by atoms with Gasteiger partial charge in [0.2, 0.25) is 0 Å². The van der Waals surface area contributed by atoms with E-state index in [1.54, 1.807) is 0 Å². The number of ether oxygens (including phenoxy) is 1. The summed E-state index contributed by atoms with van der Waals surface area (Å²) in [5.41, 5.74) is 5.94. The molecular weight excluding hydrogens is 128 g/mol. The van der Waals surface area contributed by atoms with Crippen LogP contribution in [-0.4, -0.2) is 42.3 Å². The average Bonchev–Trinajstić information content (AvgIpc) is 2.44. The molecule has 4 atom stereocenters. The van der Waals surface area contributed by atoms with Crippen molar-refractivity contribution >= 4 is 0 Å². The molecule has 2 N–H and O–H groups in total. The van der Waals surface area contributed by atoms with Crippen molar-refractivity contribution in [3.63, 3.8) is 0 Å². The Morgan fingerprint density at radius 1 is 1.40 bits per heavy atom. The number of hydrogen-bond acceptors (Lipinski definition) is 3. The van der Waals surface area contributed by atoms with Crippen molar-refractivity contribution in [3.8, 4) is 0 Å². The molecule has 10 heavy (non-hydrogen) atoms. The lowest BCUT2D eigenvalue weighted by Gasteiger charge is -2.21. The predicted molar refractivity (Wildman–Crippen MR) is 36.6 cm³/mol. The summed E-state index contributed by atoms with van der Waals surface area (Å²) in [6.45, 7) is 2.29. The molecule has 0 amide bonds. The van der Waals surface area contributed by atoms with Gasteiger partial charge in [-0.3, -0.25) is 4.90 Å². The van der Waals surface area contributed by atoms with Crippen LogP contribution in [0.5, 0.6) is 0 Å². The van der Waals surface area contributed by atoms with Crippen LogP contribution in [0.3, 0.4) is 0 Å². The van der Waals surface area contributed by atoms with Crippen LogP contribution in [0.1, 0.15) is 6.42 Å². The van der Waals surface area contributed by atoms with Gasteiger partial charge in [0.25, 0.3) is 0 Å². The quantitative estimate of drug-likeness (QED) is 0.477. The van der Waals surface area contributed by atoms with Gasteiger partial charge in [-0.2, -0.15) is 0 Å². The average molecular weight is 140 g/mol. The van der Waals surface area contributed by atoms with Crippen LogP contribution in [0.25, 0.3) is 0 Å². The van der Waals surface area contributed by atoms with E-state index in [1.807, 2.05) is 0 Å². The lowest BCUT2D eigenvalue weighted by atomic mass is 10.1. The molecule has 0 saturated carbocycles. The highest BCUT2D eigenvalue weighted by Crippen LogP contribution is 2.38. The van der Waals surface area contributed by atoms with E-state index in [-0.39, 0.29) is 0 Å². The number of nitrogens with two attached hydrogens (primary N) is 1. The minimum atomic E-state index is 0.312. The summed E-state index contributed by atoms with van der Waals surface area (Å²) in [7, 11) is 0. The highest BCUT2D eigenvalue weighted by Gasteiger charge is 2.55. The Morgan fingerprint density at radius 2 is 2.30 bits per heavy atom. The van der Waals surface area contributed by atoms with E-state index < -0.39 is 0 Å². The van der Waals surface area contributed by atoms with E-state index in [0.717, 1.165) is 6.54 Å². The Bertz CT molecular complexity index is 156. The lowest BCUT2D eigenvalue weighted by molar-refractivity contribution is 0.00885. The standard InChI is InChI=1S/C7H12N2O/c8-6-5-3-9-2-1-4(10-5)7(6)9/h4-7H,1-3,8H2/t4-,5-,6+,7-/m1/s1. The minimum Gasteiger partial charge on any atom is -0.370 e. The first-order chi connectivity index (χ1) is 4.86. The summed E-state index contributed by atoms with van der Waals surface area (Å²) in [4.78, 5) is 2.48. The number of fused-ring (bicyclic) bond motifs is 1. The molecule has 0 unspecified atom stereocenters. The van der Waals surface area contributed by atoms with Crippen LogP contribution in [0, 0.1) is 0 Å². The maximum absolute atomic E-state index is 5.94. The third-order valence-corrected chi connectivity index (χ3v) is 3.09. The molecule has 3 saturated heterocycles. The zero-order valence-corrected chi connectivity index (χ0v) is 5.86. The van der Waals surface area contributed by atoms with Gasteiger partial charge in [0, 0.05) is 13.1 Å². The van der Waals surface area contributed by atoms with Gasteiger partial charge < -0.3 is 10.5 Å². The van der Waals surface area contributed by atoms with E-state index >= 15 is 0 Å². The van der Waals surface area contributed by atoms with Crippen LogP contribution >= 0.6 is 0 Å². The van der Waals surface area contributed by atoms with Crippen molar-refractivity contribution in [2.75, 3.05) is 13.1 Å². The third kappa shape index (κ3) is 0.447. The van der Waals surface area contributed by atoms with Crippen LogP contribution in [0.2, 0.25) is 0 Å². The molecule has 0 aliphatic carbocycles. The molecule has 0 radical (unpaired) electrons. The largest absolute Gasteiger partial charge is 0.370 e. The van der Waals surface area contributed by atoms with Crippen molar-refractivity contribution in [2.24, 2.45) is 5.73 Å². The van der Waals surface area contributed by atoms with Crippen molar-refractivity contribution in [1.82, 2.24) is 4.90 Å². The van der Waals surface area contributed by atoms with E-state index in [1.165, 1.54) is 13.0 Å². The first-order valence-corrected chi connectivity index (χ1v) is 4.01. The summed E-state index contributed by atoms with van der Waals surface area (Å²) in [6, 6.07) is 0.887. The highest BCUT2D eigenvalue weighted by molar-refractivity contribution is 5.10. The summed E-state index contributed by atoms with van der Waals surface area (Å²) in [6.07, 6.45) is 2.04. The smallest absolute Gasteiger partial charge is 0.0873 e. The van der Waals surface area contributed by atoms with Crippen LogP contribution in [-0.2, 0) is 4.74 Å². The van der Waals surface area contributed by atoms with E-state index in [2.05, 4.69) is 4.90 Å². The van der Waals surface area contributed by atoms with Crippen molar-refractivity contribution in [2.45, 2.75) is 30.7 Å². The van der Waals surface area contributed by atoms with Crippen LogP contribution in [0.4, 0.5) is 0 Å². The molecule has 0 aromatic rings. The predicted octanol–water partition coefficient (Wildman–Crippen LogP) is -0.831. The SMILES string of the molecule is N[C@@H]1[C@H]2[C@H]3CCN2C[C@H]1O3. The maximum Gasteiger partial charge on any atom is 0.0873 e. The van der Waals surface area contributed by atoms with Crippen molar-refractivity contribution in [3.05, 3.63) is 0 Å². The van der Waals surface area contributed by atoms with E-state index in [0.29, 0.717) is 24.3 Å². The lowest BCUT2D eigenvalue weighted by Crippen LogP contribution is -2.38. The second-order valence-electron chi connectivity index (χ2n) is 3.56. The fourth-order valence-corrected chi connectivity index (χ4v) is 2.63. The molecule has 0 aromatic heterocycles. The second kappa shape index (κ2) is 1.55. The third-order valence-electron chi connectivity index (χ3n) is 3.09. The number of nitrogens with zero attached hydrogens (tertiary/aromatic N) is 1. The van der Waals surface area contributed by atoms with Gasteiger partial charge in [0.15, 0.2) is 0 Å². The van der Waals surface area contributed by atoms with Gasteiger partial charge in [-0.05, 0) is 6.42 Å². The highest BCUT2D eigenvalue weighted by atomic mass is 16.5. The number of rotatable bonds is 0. The molecule has 0 spiro atoms. The summed E-state index contributed by atoms with van der Waals surface area (Å²) in [5, 5.41) is 0. The van der Waals surface area contributed by atoms with Gasteiger partial charge in [0.1, 0.15) is 0 Å². The molecule has 0 aromatic carbocycles. The van der Waals surface area contributed by atoms with Gasteiger partial charge >= 0.3 is 0 Å². The second-order valence-corrected chi connectivity index (χ2v) is 3.56. The normalized spacial score (nSPS) is 58.5. The molecule has 2 bridgehead atoms. The fraction of sp³-hybridized carbons (Fsp3) is 1.00. The summed E-state index contributed by atoms with van der Waals surface area (Å²) >= 11 is 0. The molecule has 56 valence electrons. The van der Waals surface area contributed by atoms with E-state index in [4.69, 9.17) is 10.5 Å². The van der Waals surface area contributed by atoms with Crippen molar-refractivity contribution < 1.29 is 4.74 Å². The van der Waals surface area contributed by atoms with Gasteiger partial charge in [-0.15, -0.1) is 0 Å². The Balaban J connectivity index is 2.01. The zero-order valence-electron chi connectivity index (χ0n) is 5.86. The van der Waals surface area contributed by atoms with Crippen molar-refractivity contribution in [1.29, 1.82) is 0 Å². The molecule has 3 heterocycles.